The number of ether oxygens (including phenoxy) is 1. The summed E-state index contributed by atoms with van der Waals surface area (Å²) < 4.78 is 5.75. The lowest BCUT2D eigenvalue weighted by Crippen LogP contribution is -2.04. The molecule has 4 rings (SSSR count). The minimum atomic E-state index is -0.571. The van der Waals surface area contributed by atoms with Crippen LogP contribution in [0.4, 0.5) is 17.2 Å². The van der Waals surface area contributed by atoms with Crippen molar-refractivity contribution in [2.75, 3.05) is 5.32 Å². The minimum absolute atomic E-state index is 0.0196. The van der Waals surface area contributed by atoms with Gasteiger partial charge in [0, 0.05) is 10.7 Å². The molecule has 1 N–H and O–H groups in total. The number of hydrogen-bond acceptors (Lipinski definition) is 6. The van der Waals surface area contributed by atoms with Gasteiger partial charge in [-0.15, -0.1) is 0 Å². The molecule has 0 aliphatic carbocycles. The topological polar surface area (TPSA) is 90.2 Å². The number of hydrogen-bond donors (Lipinski definition) is 1. The molecular formula is C21H15ClN4O3. The highest BCUT2D eigenvalue weighted by molar-refractivity contribution is 6.31. The molecule has 0 spiro atoms. The molecule has 7 nitrogen and oxygen atoms in total. The van der Waals surface area contributed by atoms with Gasteiger partial charge < -0.3 is 10.1 Å². The average Bonchev–Trinajstić information content (AvgIpc) is 2.71. The SMILES string of the molecule is Cc1c(Cl)cccc1Nc1ncnc(Oc2ccc3ccccc3c2)c1[N+](=O)[O-]. The van der Waals surface area contributed by atoms with E-state index in [0.717, 1.165) is 16.3 Å². The van der Waals surface area contributed by atoms with Crippen LogP contribution in [0.5, 0.6) is 11.6 Å². The van der Waals surface area contributed by atoms with Gasteiger partial charge in [0.05, 0.1) is 4.92 Å². The van der Waals surface area contributed by atoms with Crippen molar-refractivity contribution in [3.05, 3.63) is 87.7 Å². The van der Waals surface area contributed by atoms with Gasteiger partial charge >= 0.3 is 11.6 Å². The van der Waals surface area contributed by atoms with Gasteiger partial charge in [0.1, 0.15) is 12.1 Å². The molecule has 1 aromatic heterocycles. The van der Waals surface area contributed by atoms with E-state index in [-0.39, 0.29) is 17.4 Å². The number of aromatic nitrogens is 2. The van der Waals surface area contributed by atoms with E-state index in [1.54, 1.807) is 30.3 Å². The van der Waals surface area contributed by atoms with Crippen molar-refractivity contribution in [1.82, 2.24) is 9.97 Å². The Morgan fingerprint density at radius 1 is 1.03 bits per heavy atom. The number of nitro groups is 1. The second-order valence-electron chi connectivity index (χ2n) is 6.28. The summed E-state index contributed by atoms with van der Waals surface area (Å²) in [5.41, 5.74) is 0.995. The zero-order valence-corrected chi connectivity index (χ0v) is 16.1. The largest absolute Gasteiger partial charge is 0.434 e. The third-order valence-corrected chi connectivity index (χ3v) is 4.84. The highest BCUT2D eigenvalue weighted by Crippen LogP contribution is 2.37. The van der Waals surface area contributed by atoms with E-state index in [4.69, 9.17) is 16.3 Å². The van der Waals surface area contributed by atoms with Crippen molar-refractivity contribution in [3.63, 3.8) is 0 Å². The van der Waals surface area contributed by atoms with Crippen molar-refractivity contribution in [2.24, 2.45) is 0 Å². The second-order valence-corrected chi connectivity index (χ2v) is 6.69. The fourth-order valence-electron chi connectivity index (χ4n) is 2.91. The van der Waals surface area contributed by atoms with Crippen LogP contribution in [0.1, 0.15) is 5.56 Å². The molecule has 3 aromatic carbocycles. The molecular weight excluding hydrogens is 392 g/mol. The van der Waals surface area contributed by atoms with Gasteiger partial charge in [-0.25, -0.2) is 4.98 Å². The Balaban J connectivity index is 1.72. The van der Waals surface area contributed by atoms with Gasteiger partial charge in [-0.1, -0.05) is 48.0 Å². The lowest BCUT2D eigenvalue weighted by Gasteiger charge is -2.12. The number of anilines is 2. The smallest absolute Gasteiger partial charge is 0.373 e. The number of fused-ring (bicyclic) bond motifs is 1. The molecule has 0 saturated carbocycles. The van der Waals surface area contributed by atoms with Crippen LogP contribution >= 0.6 is 11.6 Å². The molecule has 0 amide bonds. The number of halogens is 1. The first-order valence-corrected chi connectivity index (χ1v) is 9.09. The highest BCUT2D eigenvalue weighted by atomic mass is 35.5. The number of nitrogens with zero attached hydrogens (tertiary/aromatic N) is 3. The molecule has 0 atom stereocenters. The van der Waals surface area contributed by atoms with E-state index in [1.807, 2.05) is 37.3 Å². The molecule has 0 aliphatic rings. The quantitative estimate of drug-likeness (QED) is 0.321. The van der Waals surface area contributed by atoms with Crippen molar-refractivity contribution in [2.45, 2.75) is 6.92 Å². The third-order valence-electron chi connectivity index (χ3n) is 4.43. The van der Waals surface area contributed by atoms with Gasteiger partial charge in [-0.2, -0.15) is 4.98 Å². The lowest BCUT2D eigenvalue weighted by molar-refractivity contribution is -0.385. The number of nitrogens with one attached hydrogen (secondary N) is 1. The van der Waals surface area contributed by atoms with Crippen molar-refractivity contribution < 1.29 is 9.66 Å². The molecule has 0 saturated heterocycles. The molecule has 1 heterocycles. The van der Waals surface area contributed by atoms with Gasteiger partial charge in [-0.05, 0) is 47.5 Å². The highest BCUT2D eigenvalue weighted by Gasteiger charge is 2.25. The fourth-order valence-corrected chi connectivity index (χ4v) is 3.08. The predicted octanol–water partition coefficient (Wildman–Crippen LogP) is 6.04. The summed E-state index contributed by atoms with van der Waals surface area (Å²) in [5, 5.41) is 17.3. The normalized spacial score (nSPS) is 10.7. The molecule has 144 valence electrons. The van der Waals surface area contributed by atoms with E-state index >= 15 is 0 Å². The zero-order valence-electron chi connectivity index (χ0n) is 15.3. The van der Waals surface area contributed by atoms with E-state index in [9.17, 15) is 10.1 Å². The standard InChI is InChI=1S/C21H15ClN4O3/c1-13-17(22)7-4-8-18(13)25-20-19(26(27)28)21(24-12-23-20)29-16-10-9-14-5-2-3-6-15(14)11-16/h2-12H,1H3,(H,23,24,25). The first kappa shape index (κ1) is 18.6. The van der Waals surface area contributed by atoms with Crippen LogP contribution < -0.4 is 10.1 Å². The lowest BCUT2D eigenvalue weighted by atomic mass is 10.1. The summed E-state index contributed by atoms with van der Waals surface area (Å²) in [6.07, 6.45) is 1.21. The Morgan fingerprint density at radius 3 is 2.62 bits per heavy atom. The van der Waals surface area contributed by atoms with Crippen molar-refractivity contribution in [3.8, 4) is 11.6 Å². The maximum Gasteiger partial charge on any atom is 0.373 e. The minimum Gasteiger partial charge on any atom is -0.434 e. The van der Waals surface area contributed by atoms with Crippen LogP contribution in [0, 0.1) is 17.0 Å². The maximum atomic E-state index is 11.8. The molecule has 0 unspecified atom stereocenters. The van der Waals surface area contributed by atoms with Crippen LogP contribution in [0.25, 0.3) is 10.8 Å². The first-order chi connectivity index (χ1) is 14.0. The van der Waals surface area contributed by atoms with E-state index in [2.05, 4.69) is 15.3 Å². The van der Waals surface area contributed by atoms with Crippen LogP contribution in [0.15, 0.2) is 67.0 Å². The molecule has 4 aromatic rings. The van der Waals surface area contributed by atoms with E-state index in [1.165, 1.54) is 6.33 Å². The third kappa shape index (κ3) is 3.81. The average molecular weight is 407 g/mol. The molecule has 29 heavy (non-hydrogen) atoms. The Labute approximate surface area is 171 Å². The van der Waals surface area contributed by atoms with Gasteiger partial charge in [0.25, 0.3) is 0 Å². The molecule has 0 fully saturated rings. The van der Waals surface area contributed by atoms with Gasteiger partial charge in [0.15, 0.2) is 0 Å². The predicted molar refractivity (Wildman–Crippen MR) is 112 cm³/mol. The Kier molecular flexibility index (Phi) is 4.97. The number of benzene rings is 3. The van der Waals surface area contributed by atoms with Crippen molar-refractivity contribution in [1.29, 1.82) is 0 Å². The van der Waals surface area contributed by atoms with Crippen LogP contribution in [-0.2, 0) is 0 Å². The van der Waals surface area contributed by atoms with Crippen LogP contribution in [0.2, 0.25) is 5.02 Å². The zero-order chi connectivity index (χ0) is 20.4. The van der Waals surface area contributed by atoms with Crippen LogP contribution in [0.3, 0.4) is 0 Å². The van der Waals surface area contributed by atoms with Gasteiger partial charge in [-0.3, -0.25) is 10.1 Å². The Morgan fingerprint density at radius 2 is 1.83 bits per heavy atom. The fraction of sp³-hybridized carbons (Fsp3) is 0.0476. The summed E-state index contributed by atoms with van der Waals surface area (Å²) in [4.78, 5) is 19.2. The van der Waals surface area contributed by atoms with Crippen LogP contribution in [-0.4, -0.2) is 14.9 Å². The van der Waals surface area contributed by atoms with E-state index in [0.29, 0.717) is 16.5 Å². The summed E-state index contributed by atoms with van der Waals surface area (Å²) in [5.74, 6) is 0.309. The molecule has 8 heteroatoms. The second kappa shape index (κ2) is 7.73. The first-order valence-electron chi connectivity index (χ1n) is 8.71. The Bertz CT molecular complexity index is 1230. The molecule has 0 radical (unpaired) electrons. The molecule has 0 bridgehead atoms. The summed E-state index contributed by atoms with van der Waals surface area (Å²) >= 11 is 6.14. The van der Waals surface area contributed by atoms with Gasteiger partial charge in [0.2, 0.25) is 5.82 Å². The molecule has 0 aliphatic heterocycles. The summed E-state index contributed by atoms with van der Waals surface area (Å²) in [6.45, 7) is 1.81. The van der Waals surface area contributed by atoms with E-state index < -0.39 is 4.92 Å². The maximum absolute atomic E-state index is 11.8. The van der Waals surface area contributed by atoms with Crippen molar-refractivity contribution >= 4 is 39.6 Å². The Hall–Kier alpha value is -3.71. The summed E-state index contributed by atoms with van der Waals surface area (Å²) in [7, 11) is 0. The number of rotatable bonds is 5. The monoisotopic (exact) mass is 406 g/mol. The summed E-state index contributed by atoms with van der Waals surface area (Å²) in [6, 6.07) is 18.4.